The van der Waals surface area contributed by atoms with Gasteiger partial charge in [0.05, 0.1) is 11.1 Å². The van der Waals surface area contributed by atoms with E-state index in [-0.39, 0.29) is 5.69 Å². The molecule has 9 heteroatoms. The van der Waals surface area contributed by atoms with Crippen molar-refractivity contribution < 1.29 is 22.7 Å². The van der Waals surface area contributed by atoms with E-state index >= 15 is 0 Å². The molecule has 0 spiro atoms. The van der Waals surface area contributed by atoms with E-state index in [9.17, 15) is 22.8 Å². The van der Waals surface area contributed by atoms with Crippen molar-refractivity contribution in [2.24, 2.45) is 0 Å². The molecule has 1 aliphatic heterocycles. The van der Waals surface area contributed by atoms with E-state index in [1.54, 1.807) is 6.07 Å². The monoisotopic (exact) mass is 367 g/mol. The Hall–Kier alpha value is -2.68. The second kappa shape index (κ2) is 6.91. The quantitative estimate of drug-likeness (QED) is 0.871. The van der Waals surface area contributed by atoms with Gasteiger partial charge in [0.1, 0.15) is 5.69 Å². The zero-order valence-electron chi connectivity index (χ0n) is 13.6. The number of alkyl halides is 3. The fraction of sp³-hybridized carbons (Fsp3) is 0.353. The number of carbonyl (C=O) groups excluding carboxylic acids is 1. The summed E-state index contributed by atoms with van der Waals surface area (Å²) in [6.07, 6.45) is -3.83. The molecule has 0 atom stereocenters. The number of hydrogen-bond acceptors (Lipinski definition) is 4. The molecule has 138 valence electrons. The van der Waals surface area contributed by atoms with Gasteiger partial charge in [0.2, 0.25) is 0 Å². The molecular weight excluding hydrogens is 351 g/mol. The van der Waals surface area contributed by atoms with Crippen LogP contribution in [0.4, 0.5) is 13.2 Å². The number of benzene rings is 1. The second-order valence-corrected chi connectivity index (χ2v) is 6.03. The average Bonchev–Trinajstić information content (AvgIpc) is 2.62. The highest BCUT2D eigenvalue weighted by Crippen LogP contribution is 2.36. The van der Waals surface area contributed by atoms with E-state index in [0.717, 1.165) is 18.2 Å². The lowest BCUT2D eigenvalue weighted by atomic mass is 9.81. The normalized spacial score (nSPS) is 16.9. The number of halogens is 3. The molecule has 0 radical (unpaired) electrons. The van der Waals surface area contributed by atoms with E-state index in [2.05, 4.69) is 15.5 Å². The van der Waals surface area contributed by atoms with Gasteiger partial charge in [0.25, 0.3) is 11.5 Å². The molecule has 1 saturated heterocycles. The number of aromatic amines is 1. The zero-order chi connectivity index (χ0) is 18.8. The van der Waals surface area contributed by atoms with Crippen LogP contribution in [0.15, 0.2) is 41.2 Å². The highest BCUT2D eigenvalue weighted by Gasteiger charge is 2.38. The Morgan fingerprint density at radius 3 is 2.54 bits per heavy atom. The molecule has 6 nitrogen and oxygen atoms in total. The third-order valence-corrected chi connectivity index (χ3v) is 4.35. The van der Waals surface area contributed by atoms with Gasteiger partial charge >= 0.3 is 6.18 Å². The summed E-state index contributed by atoms with van der Waals surface area (Å²) in [5.41, 5.74) is -1.91. The lowest BCUT2D eigenvalue weighted by molar-refractivity contribution is -0.137. The molecule has 0 unspecified atom stereocenters. The summed E-state index contributed by atoms with van der Waals surface area (Å²) in [4.78, 5) is 23.6. The predicted molar refractivity (Wildman–Crippen MR) is 85.5 cm³/mol. The predicted octanol–water partition coefficient (Wildman–Crippen LogP) is 2.22. The minimum absolute atomic E-state index is 0.0255. The van der Waals surface area contributed by atoms with E-state index in [1.165, 1.54) is 12.1 Å². The van der Waals surface area contributed by atoms with Crippen LogP contribution >= 0.6 is 0 Å². The van der Waals surface area contributed by atoms with E-state index in [0.29, 0.717) is 31.6 Å². The third kappa shape index (κ3) is 3.77. The van der Waals surface area contributed by atoms with Crippen molar-refractivity contribution in [2.45, 2.75) is 24.6 Å². The van der Waals surface area contributed by atoms with Crippen molar-refractivity contribution >= 4 is 5.91 Å². The molecule has 1 aromatic heterocycles. The SMILES string of the molecule is O=C(NC1(c2cccc(C(F)(F)F)c2)CCOCC1)c1ccc(=O)[nH]n1. The molecule has 1 aromatic carbocycles. The van der Waals surface area contributed by atoms with Crippen LogP contribution in [0.1, 0.15) is 34.5 Å². The van der Waals surface area contributed by atoms with Crippen LogP contribution in [0.5, 0.6) is 0 Å². The maximum absolute atomic E-state index is 13.1. The first kappa shape index (κ1) is 18.1. The molecule has 26 heavy (non-hydrogen) atoms. The van der Waals surface area contributed by atoms with Crippen LogP contribution in [0, 0.1) is 0 Å². The van der Waals surface area contributed by atoms with Crippen molar-refractivity contribution in [3.8, 4) is 0 Å². The van der Waals surface area contributed by atoms with Crippen molar-refractivity contribution in [3.05, 3.63) is 63.6 Å². The van der Waals surface area contributed by atoms with Crippen LogP contribution in [0.25, 0.3) is 0 Å². The smallest absolute Gasteiger partial charge is 0.381 e. The molecule has 2 N–H and O–H groups in total. The van der Waals surface area contributed by atoms with Gasteiger partial charge in [0, 0.05) is 19.3 Å². The molecule has 3 rings (SSSR count). The molecule has 1 fully saturated rings. The van der Waals surface area contributed by atoms with Gasteiger partial charge in [-0.25, -0.2) is 5.10 Å². The molecule has 0 saturated carbocycles. The number of nitrogens with one attached hydrogen (secondary N) is 2. The maximum atomic E-state index is 13.1. The Balaban J connectivity index is 1.95. The third-order valence-electron chi connectivity index (χ3n) is 4.35. The summed E-state index contributed by atoms with van der Waals surface area (Å²) in [6.45, 7) is 0.602. The molecule has 2 heterocycles. The van der Waals surface area contributed by atoms with Crippen molar-refractivity contribution in [3.63, 3.8) is 0 Å². The van der Waals surface area contributed by atoms with Gasteiger partial charge < -0.3 is 10.1 Å². The van der Waals surface area contributed by atoms with Gasteiger partial charge in [-0.2, -0.15) is 18.3 Å². The van der Waals surface area contributed by atoms with Crippen LogP contribution in [0.3, 0.4) is 0 Å². The number of carbonyl (C=O) groups is 1. The number of rotatable bonds is 3. The lowest BCUT2D eigenvalue weighted by Crippen LogP contribution is -2.49. The first-order valence-corrected chi connectivity index (χ1v) is 7.94. The summed E-state index contributed by atoms with van der Waals surface area (Å²) in [7, 11) is 0. The van der Waals surface area contributed by atoms with E-state index in [1.807, 2.05) is 0 Å². The topological polar surface area (TPSA) is 84.1 Å². The number of hydrogen-bond donors (Lipinski definition) is 2. The summed E-state index contributed by atoms with van der Waals surface area (Å²) in [6, 6.07) is 7.32. The molecule has 1 amide bonds. The summed E-state index contributed by atoms with van der Waals surface area (Å²) < 4.78 is 44.5. The van der Waals surface area contributed by atoms with E-state index in [4.69, 9.17) is 4.74 Å². The minimum atomic E-state index is -4.48. The number of nitrogens with zero attached hydrogens (tertiary/aromatic N) is 1. The Bertz CT molecular complexity index is 838. The van der Waals surface area contributed by atoms with E-state index < -0.39 is 28.7 Å². The Labute approximate surface area is 146 Å². The highest BCUT2D eigenvalue weighted by atomic mass is 19.4. The first-order valence-electron chi connectivity index (χ1n) is 7.94. The Morgan fingerprint density at radius 2 is 1.92 bits per heavy atom. The molecular formula is C17H16F3N3O3. The van der Waals surface area contributed by atoms with Crippen LogP contribution in [0.2, 0.25) is 0 Å². The largest absolute Gasteiger partial charge is 0.416 e. The second-order valence-electron chi connectivity index (χ2n) is 6.03. The van der Waals surface area contributed by atoms with Gasteiger partial charge in [-0.05, 0) is 36.6 Å². The van der Waals surface area contributed by atoms with Crippen LogP contribution in [-0.2, 0) is 16.5 Å². The molecule has 1 aliphatic rings. The summed E-state index contributed by atoms with van der Waals surface area (Å²) in [5, 5.41) is 8.62. The standard InChI is InChI=1S/C17H16F3N3O3/c18-17(19,20)12-3-1-2-11(10-12)16(6-8-26-9-7-16)21-15(25)13-4-5-14(24)23-22-13/h1-5,10H,6-9H2,(H,21,25)(H,23,24). The number of aromatic nitrogens is 2. The van der Waals surface area contributed by atoms with Crippen molar-refractivity contribution in [2.75, 3.05) is 13.2 Å². The highest BCUT2D eigenvalue weighted by molar-refractivity contribution is 5.92. The summed E-state index contributed by atoms with van der Waals surface area (Å²) >= 11 is 0. The number of ether oxygens (including phenoxy) is 1. The number of H-pyrrole nitrogens is 1. The Kier molecular flexibility index (Phi) is 4.82. The summed E-state index contributed by atoms with van der Waals surface area (Å²) in [5.74, 6) is -0.583. The fourth-order valence-corrected chi connectivity index (χ4v) is 2.95. The Morgan fingerprint density at radius 1 is 1.19 bits per heavy atom. The van der Waals surface area contributed by atoms with Gasteiger partial charge in [0.15, 0.2) is 0 Å². The molecule has 0 bridgehead atoms. The maximum Gasteiger partial charge on any atom is 0.416 e. The van der Waals surface area contributed by atoms with Crippen LogP contribution < -0.4 is 10.9 Å². The van der Waals surface area contributed by atoms with Crippen molar-refractivity contribution in [1.82, 2.24) is 15.5 Å². The minimum Gasteiger partial charge on any atom is -0.381 e. The fourth-order valence-electron chi connectivity index (χ4n) is 2.95. The van der Waals surface area contributed by atoms with Gasteiger partial charge in [-0.3, -0.25) is 9.59 Å². The molecule has 0 aliphatic carbocycles. The van der Waals surface area contributed by atoms with Crippen LogP contribution in [-0.4, -0.2) is 29.3 Å². The van der Waals surface area contributed by atoms with Crippen molar-refractivity contribution in [1.29, 1.82) is 0 Å². The average molecular weight is 367 g/mol. The first-order chi connectivity index (χ1) is 12.3. The zero-order valence-corrected chi connectivity index (χ0v) is 13.6. The van der Waals surface area contributed by atoms with Gasteiger partial charge in [-0.1, -0.05) is 12.1 Å². The van der Waals surface area contributed by atoms with Gasteiger partial charge in [-0.15, -0.1) is 0 Å². The lowest BCUT2D eigenvalue weighted by Gasteiger charge is -2.38. The number of amides is 1. The molecule has 2 aromatic rings.